The molecule has 16 heavy (non-hydrogen) atoms. The van der Waals surface area contributed by atoms with E-state index in [1.54, 1.807) is 4.68 Å². The summed E-state index contributed by atoms with van der Waals surface area (Å²) in [4.78, 5) is 0. The number of fused-ring (bicyclic) bond motifs is 1. The van der Waals surface area contributed by atoms with Crippen molar-refractivity contribution in [3.05, 3.63) is 24.3 Å². The highest BCUT2D eigenvalue weighted by atomic mass is 16.7. The average Bonchev–Trinajstić information content (AvgIpc) is 2.85. The van der Waals surface area contributed by atoms with Crippen LogP contribution in [0.5, 0.6) is 11.5 Å². The molecular formula is C11H11N3O2. The van der Waals surface area contributed by atoms with Crippen molar-refractivity contribution in [3.63, 3.8) is 0 Å². The molecule has 0 unspecified atom stereocenters. The van der Waals surface area contributed by atoms with E-state index in [0.29, 0.717) is 5.82 Å². The van der Waals surface area contributed by atoms with Gasteiger partial charge in [-0.2, -0.15) is 5.10 Å². The van der Waals surface area contributed by atoms with Crippen LogP contribution in [0.4, 0.5) is 5.82 Å². The molecule has 5 heteroatoms. The molecule has 2 heterocycles. The van der Waals surface area contributed by atoms with E-state index >= 15 is 0 Å². The largest absolute Gasteiger partial charge is 0.454 e. The average molecular weight is 217 g/mol. The number of hydrogen-bond acceptors (Lipinski definition) is 4. The fourth-order valence-electron chi connectivity index (χ4n) is 1.68. The van der Waals surface area contributed by atoms with E-state index in [1.165, 1.54) is 0 Å². The number of hydrogen-bond donors (Lipinski definition) is 1. The highest BCUT2D eigenvalue weighted by Gasteiger charge is 2.15. The van der Waals surface area contributed by atoms with Crippen LogP contribution in [0.3, 0.4) is 0 Å². The fourth-order valence-corrected chi connectivity index (χ4v) is 1.68. The highest BCUT2D eigenvalue weighted by Crippen LogP contribution is 2.35. The van der Waals surface area contributed by atoms with E-state index in [-0.39, 0.29) is 6.79 Å². The summed E-state index contributed by atoms with van der Waals surface area (Å²) in [6.45, 7) is 0.281. The van der Waals surface area contributed by atoms with Gasteiger partial charge in [-0.25, -0.2) is 0 Å². The number of benzene rings is 1. The molecule has 0 amide bonds. The van der Waals surface area contributed by atoms with Gasteiger partial charge in [-0.05, 0) is 18.2 Å². The Balaban J connectivity index is 2.07. The molecule has 5 nitrogen and oxygen atoms in total. The molecule has 1 aromatic heterocycles. The van der Waals surface area contributed by atoms with Gasteiger partial charge < -0.3 is 15.2 Å². The van der Waals surface area contributed by atoms with Gasteiger partial charge in [-0.15, -0.1) is 0 Å². The maximum Gasteiger partial charge on any atom is 0.231 e. The lowest BCUT2D eigenvalue weighted by atomic mass is 10.1. The Kier molecular flexibility index (Phi) is 1.80. The zero-order chi connectivity index (χ0) is 11.1. The van der Waals surface area contributed by atoms with Gasteiger partial charge in [0.05, 0.1) is 5.69 Å². The Hall–Kier alpha value is -2.17. The van der Waals surface area contributed by atoms with E-state index in [4.69, 9.17) is 15.2 Å². The van der Waals surface area contributed by atoms with Gasteiger partial charge in [-0.3, -0.25) is 4.68 Å². The Morgan fingerprint density at radius 2 is 2.06 bits per heavy atom. The van der Waals surface area contributed by atoms with E-state index in [0.717, 1.165) is 22.8 Å². The molecular weight excluding hydrogens is 206 g/mol. The van der Waals surface area contributed by atoms with Crippen molar-refractivity contribution in [2.24, 2.45) is 7.05 Å². The summed E-state index contributed by atoms with van der Waals surface area (Å²) in [5, 5.41) is 4.30. The van der Waals surface area contributed by atoms with Crippen LogP contribution >= 0.6 is 0 Å². The Morgan fingerprint density at radius 3 is 2.81 bits per heavy atom. The highest BCUT2D eigenvalue weighted by molar-refractivity contribution is 5.66. The molecule has 0 fully saturated rings. The Morgan fingerprint density at radius 1 is 1.25 bits per heavy atom. The predicted octanol–water partition coefficient (Wildman–Crippen LogP) is 1.40. The standard InChI is InChI=1S/C11H11N3O2/c1-14-11(12)5-8(13-14)7-2-3-9-10(4-7)16-6-15-9/h2-5H,6,12H2,1H3. The second-order valence-corrected chi connectivity index (χ2v) is 3.65. The summed E-state index contributed by atoms with van der Waals surface area (Å²) in [7, 11) is 1.81. The first-order valence-electron chi connectivity index (χ1n) is 4.93. The van der Waals surface area contributed by atoms with E-state index < -0.39 is 0 Å². The lowest BCUT2D eigenvalue weighted by Gasteiger charge is -1.99. The van der Waals surface area contributed by atoms with Crippen molar-refractivity contribution in [1.29, 1.82) is 0 Å². The second-order valence-electron chi connectivity index (χ2n) is 3.65. The molecule has 1 aromatic carbocycles. The third kappa shape index (κ3) is 1.29. The minimum absolute atomic E-state index is 0.281. The topological polar surface area (TPSA) is 62.3 Å². The summed E-state index contributed by atoms with van der Waals surface area (Å²) < 4.78 is 12.2. The first kappa shape index (κ1) is 9.08. The van der Waals surface area contributed by atoms with Crippen molar-refractivity contribution < 1.29 is 9.47 Å². The second kappa shape index (κ2) is 3.16. The van der Waals surface area contributed by atoms with Crippen molar-refractivity contribution >= 4 is 5.82 Å². The van der Waals surface area contributed by atoms with Gasteiger partial charge in [0, 0.05) is 18.7 Å². The van der Waals surface area contributed by atoms with Crippen molar-refractivity contribution in [2.75, 3.05) is 12.5 Å². The number of rotatable bonds is 1. The molecule has 1 aliphatic rings. The van der Waals surface area contributed by atoms with Crippen LogP contribution in [0, 0.1) is 0 Å². The maximum atomic E-state index is 5.74. The normalized spacial score (nSPS) is 13.1. The summed E-state index contributed by atoms with van der Waals surface area (Å²) in [5.41, 5.74) is 7.54. The first-order valence-corrected chi connectivity index (χ1v) is 4.93. The SMILES string of the molecule is Cn1nc(-c2ccc3c(c2)OCO3)cc1N. The number of nitrogen functional groups attached to an aromatic ring is 1. The number of nitrogens with two attached hydrogens (primary N) is 1. The fraction of sp³-hybridized carbons (Fsp3) is 0.182. The zero-order valence-corrected chi connectivity index (χ0v) is 8.80. The third-order valence-electron chi connectivity index (χ3n) is 2.58. The molecule has 0 spiro atoms. The molecule has 0 atom stereocenters. The van der Waals surface area contributed by atoms with Crippen LogP contribution in [0.1, 0.15) is 0 Å². The van der Waals surface area contributed by atoms with Crippen molar-refractivity contribution in [3.8, 4) is 22.8 Å². The van der Waals surface area contributed by atoms with Gasteiger partial charge in [0.2, 0.25) is 6.79 Å². The van der Waals surface area contributed by atoms with Crippen molar-refractivity contribution in [1.82, 2.24) is 9.78 Å². The van der Waals surface area contributed by atoms with Crippen LogP contribution in [0.25, 0.3) is 11.3 Å². The number of aryl methyl sites for hydroxylation is 1. The molecule has 0 aliphatic carbocycles. The van der Waals surface area contributed by atoms with Gasteiger partial charge in [-0.1, -0.05) is 0 Å². The molecule has 2 aromatic rings. The molecule has 0 radical (unpaired) electrons. The predicted molar refractivity (Wildman–Crippen MR) is 59.2 cm³/mol. The smallest absolute Gasteiger partial charge is 0.231 e. The molecule has 82 valence electrons. The molecule has 0 bridgehead atoms. The minimum Gasteiger partial charge on any atom is -0.454 e. The first-order chi connectivity index (χ1) is 7.74. The minimum atomic E-state index is 0.281. The van der Waals surface area contributed by atoms with E-state index in [9.17, 15) is 0 Å². The van der Waals surface area contributed by atoms with Gasteiger partial charge in [0.1, 0.15) is 5.82 Å². The van der Waals surface area contributed by atoms with Crippen LogP contribution in [0.15, 0.2) is 24.3 Å². The van der Waals surface area contributed by atoms with E-state index in [1.807, 2.05) is 31.3 Å². The lowest BCUT2D eigenvalue weighted by molar-refractivity contribution is 0.174. The molecule has 0 saturated carbocycles. The Labute approximate surface area is 92.4 Å². The van der Waals surface area contributed by atoms with Crippen LogP contribution in [-0.2, 0) is 7.05 Å². The molecule has 0 saturated heterocycles. The molecule has 3 rings (SSSR count). The summed E-state index contributed by atoms with van der Waals surface area (Å²) in [6.07, 6.45) is 0. The number of ether oxygens (including phenoxy) is 2. The molecule has 1 aliphatic heterocycles. The lowest BCUT2D eigenvalue weighted by Crippen LogP contribution is -1.96. The van der Waals surface area contributed by atoms with Crippen LogP contribution in [-0.4, -0.2) is 16.6 Å². The van der Waals surface area contributed by atoms with Gasteiger partial charge >= 0.3 is 0 Å². The van der Waals surface area contributed by atoms with Gasteiger partial charge in [0.15, 0.2) is 11.5 Å². The third-order valence-corrected chi connectivity index (χ3v) is 2.58. The zero-order valence-electron chi connectivity index (χ0n) is 8.80. The molecule has 2 N–H and O–H groups in total. The van der Waals surface area contributed by atoms with Crippen LogP contribution < -0.4 is 15.2 Å². The Bertz CT molecular complexity index is 529. The number of aromatic nitrogens is 2. The van der Waals surface area contributed by atoms with Crippen molar-refractivity contribution in [2.45, 2.75) is 0 Å². The summed E-state index contributed by atoms with van der Waals surface area (Å²) >= 11 is 0. The quantitative estimate of drug-likeness (QED) is 0.784. The van der Waals surface area contributed by atoms with Crippen LogP contribution in [0.2, 0.25) is 0 Å². The summed E-state index contributed by atoms with van der Waals surface area (Å²) in [5.74, 6) is 2.15. The summed E-state index contributed by atoms with van der Waals surface area (Å²) in [6, 6.07) is 7.56. The number of anilines is 1. The number of nitrogens with zero attached hydrogens (tertiary/aromatic N) is 2. The monoisotopic (exact) mass is 217 g/mol. The van der Waals surface area contributed by atoms with E-state index in [2.05, 4.69) is 5.10 Å². The van der Waals surface area contributed by atoms with Gasteiger partial charge in [0.25, 0.3) is 0 Å². The maximum absolute atomic E-state index is 5.74.